The number of carbonyl (C=O) groups excluding carboxylic acids is 1. The number of carbonyl (C=O) groups is 1. The number of allylic oxidation sites excluding steroid dienone is 1. The third-order valence-corrected chi connectivity index (χ3v) is 6.86. The SMILES string of the molecule is O=C(CC1=CCCc2c(nc(CF)n(C(c3ccccc3)c3ccccc3)c2=O)C1)Oc1ccc(OC(F)(F)F)cc1. The van der Waals surface area contributed by atoms with Gasteiger partial charge in [-0.05, 0) is 48.2 Å². The molecule has 0 amide bonds. The van der Waals surface area contributed by atoms with Crippen LogP contribution in [0.2, 0.25) is 0 Å². The summed E-state index contributed by atoms with van der Waals surface area (Å²) in [6.45, 7) is -0.964. The maximum atomic E-state index is 14.5. The molecule has 0 aliphatic heterocycles. The maximum Gasteiger partial charge on any atom is 0.573 e. The average Bonchev–Trinajstić information content (AvgIpc) is 3.17. The zero-order valence-electron chi connectivity index (χ0n) is 22.3. The molecule has 3 aromatic carbocycles. The Bertz CT molecular complexity index is 1590. The number of fused-ring (bicyclic) bond motifs is 1. The molecule has 10 heteroatoms. The van der Waals surface area contributed by atoms with Crippen LogP contribution in [0.4, 0.5) is 17.6 Å². The molecular formula is C32H26F4N2O4. The van der Waals surface area contributed by atoms with Crippen molar-refractivity contribution in [2.75, 3.05) is 0 Å². The molecule has 0 fully saturated rings. The van der Waals surface area contributed by atoms with Gasteiger partial charge in [0.15, 0.2) is 0 Å². The van der Waals surface area contributed by atoms with Gasteiger partial charge in [0.25, 0.3) is 5.56 Å². The van der Waals surface area contributed by atoms with Gasteiger partial charge in [-0.3, -0.25) is 14.2 Å². The molecule has 6 nitrogen and oxygen atoms in total. The van der Waals surface area contributed by atoms with Crippen molar-refractivity contribution in [1.29, 1.82) is 0 Å². The minimum atomic E-state index is -4.83. The summed E-state index contributed by atoms with van der Waals surface area (Å²) in [6.07, 6.45) is -2.13. The lowest BCUT2D eigenvalue weighted by molar-refractivity contribution is -0.274. The van der Waals surface area contributed by atoms with Crippen LogP contribution in [0.1, 0.15) is 47.1 Å². The Morgan fingerprint density at radius 1 is 0.905 bits per heavy atom. The quantitative estimate of drug-likeness (QED) is 0.101. The molecular weight excluding hydrogens is 552 g/mol. The Balaban J connectivity index is 1.39. The fourth-order valence-electron chi connectivity index (χ4n) is 5.09. The molecule has 0 saturated carbocycles. The van der Waals surface area contributed by atoms with Gasteiger partial charge in [0.05, 0.1) is 18.2 Å². The smallest absolute Gasteiger partial charge is 0.426 e. The average molecular weight is 579 g/mol. The van der Waals surface area contributed by atoms with Crippen molar-refractivity contribution in [3.8, 4) is 11.5 Å². The van der Waals surface area contributed by atoms with Crippen molar-refractivity contribution < 1.29 is 31.8 Å². The van der Waals surface area contributed by atoms with Crippen LogP contribution in [0.3, 0.4) is 0 Å². The second-order valence-corrected chi connectivity index (χ2v) is 9.73. The van der Waals surface area contributed by atoms with Crippen molar-refractivity contribution in [3.05, 3.63) is 135 Å². The summed E-state index contributed by atoms with van der Waals surface area (Å²) >= 11 is 0. The summed E-state index contributed by atoms with van der Waals surface area (Å²) in [5.74, 6) is -1.03. The van der Waals surface area contributed by atoms with E-state index in [1.165, 1.54) is 16.7 Å². The number of hydrogen-bond donors (Lipinski definition) is 0. The van der Waals surface area contributed by atoms with E-state index < -0.39 is 30.8 Å². The summed E-state index contributed by atoms with van der Waals surface area (Å²) in [6, 6.07) is 22.7. The zero-order valence-corrected chi connectivity index (χ0v) is 22.3. The third kappa shape index (κ3) is 6.76. The molecule has 1 aromatic heterocycles. The van der Waals surface area contributed by atoms with E-state index in [0.717, 1.165) is 23.3 Å². The second-order valence-electron chi connectivity index (χ2n) is 9.73. The molecule has 1 heterocycles. The van der Waals surface area contributed by atoms with E-state index in [4.69, 9.17) is 4.74 Å². The van der Waals surface area contributed by atoms with Gasteiger partial charge in [-0.25, -0.2) is 9.37 Å². The first kappa shape index (κ1) is 28.8. The third-order valence-electron chi connectivity index (χ3n) is 6.86. The lowest BCUT2D eigenvalue weighted by atomic mass is 9.97. The first-order valence-corrected chi connectivity index (χ1v) is 13.2. The van der Waals surface area contributed by atoms with Gasteiger partial charge >= 0.3 is 12.3 Å². The second kappa shape index (κ2) is 12.4. The van der Waals surface area contributed by atoms with Gasteiger partial charge < -0.3 is 9.47 Å². The Morgan fingerprint density at radius 3 is 2.07 bits per heavy atom. The van der Waals surface area contributed by atoms with Crippen LogP contribution in [0.25, 0.3) is 0 Å². The lowest BCUT2D eigenvalue weighted by Gasteiger charge is -2.25. The molecule has 216 valence electrons. The van der Waals surface area contributed by atoms with Crippen LogP contribution in [0, 0.1) is 0 Å². The predicted molar refractivity (Wildman–Crippen MR) is 147 cm³/mol. The molecule has 5 rings (SSSR count). The van der Waals surface area contributed by atoms with Crippen molar-refractivity contribution >= 4 is 5.97 Å². The highest BCUT2D eigenvalue weighted by Crippen LogP contribution is 2.29. The summed E-state index contributed by atoms with van der Waals surface area (Å²) in [7, 11) is 0. The van der Waals surface area contributed by atoms with Crippen LogP contribution in [0.15, 0.2) is 101 Å². The summed E-state index contributed by atoms with van der Waals surface area (Å²) in [4.78, 5) is 31.2. The number of hydrogen-bond acceptors (Lipinski definition) is 5. The van der Waals surface area contributed by atoms with E-state index in [9.17, 15) is 27.2 Å². The molecule has 0 bridgehead atoms. The largest absolute Gasteiger partial charge is 0.573 e. The monoisotopic (exact) mass is 578 g/mol. The van der Waals surface area contributed by atoms with E-state index in [0.29, 0.717) is 29.7 Å². The molecule has 0 N–H and O–H groups in total. The standard InChI is InChI=1S/C32H26F4N2O4/c33-20-28-37-27-18-21(19-29(39)41-24-14-16-25(17-15-24)42-32(34,35)36)8-7-13-26(27)31(40)38(28)30(22-9-3-1-4-10-22)23-11-5-2-6-12-23/h1-6,8-12,14-17,30H,7,13,18-20H2. The van der Waals surface area contributed by atoms with E-state index in [2.05, 4.69) is 9.72 Å². The van der Waals surface area contributed by atoms with Gasteiger partial charge in [-0.1, -0.05) is 72.3 Å². The fourth-order valence-corrected chi connectivity index (χ4v) is 5.09. The minimum absolute atomic E-state index is 0.0125. The normalized spacial score (nSPS) is 13.2. The number of aromatic nitrogens is 2. The van der Waals surface area contributed by atoms with Crippen molar-refractivity contribution in [2.45, 2.75) is 44.8 Å². The van der Waals surface area contributed by atoms with Crippen LogP contribution in [-0.4, -0.2) is 21.9 Å². The molecule has 42 heavy (non-hydrogen) atoms. The van der Waals surface area contributed by atoms with Crippen LogP contribution < -0.4 is 15.0 Å². The Morgan fingerprint density at radius 2 is 1.50 bits per heavy atom. The number of benzene rings is 3. The number of ether oxygens (including phenoxy) is 2. The van der Waals surface area contributed by atoms with Crippen LogP contribution >= 0.6 is 0 Å². The number of nitrogens with zero attached hydrogens (tertiary/aromatic N) is 2. The Hall–Kier alpha value is -4.73. The van der Waals surface area contributed by atoms with Gasteiger partial charge in [0.1, 0.15) is 24.0 Å². The number of alkyl halides is 4. The van der Waals surface area contributed by atoms with Gasteiger partial charge in [0.2, 0.25) is 0 Å². The van der Waals surface area contributed by atoms with Crippen molar-refractivity contribution in [2.24, 2.45) is 0 Å². The first-order valence-electron chi connectivity index (χ1n) is 13.2. The van der Waals surface area contributed by atoms with Gasteiger partial charge in [0, 0.05) is 12.0 Å². The molecule has 4 aromatic rings. The van der Waals surface area contributed by atoms with E-state index >= 15 is 0 Å². The molecule has 0 spiro atoms. The number of halogens is 4. The zero-order chi connectivity index (χ0) is 29.7. The highest BCUT2D eigenvalue weighted by molar-refractivity contribution is 5.75. The van der Waals surface area contributed by atoms with Gasteiger partial charge in [-0.15, -0.1) is 13.2 Å². The molecule has 1 aliphatic rings. The van der Waals surface area contributed by atoms with Crippen LogP contribution in [-0.2, 0) is 24.3 Å². The first-order chi connectivity index (χ1) is 20.2. The number of esters is 1. The minimum Gasteiger partial charge on any atom is -0.426 e. The predicted octanol–water partition coefficient (Wildman–Crippen LogP) is 6.66. The summed E-state index contributed by atoms with van der Waals surface area (Å²) in [5, 5.41) is 0. The molecule has 1 aliphatic carbocycles. The van der Waals surface area contributed by atoms with Crippen molar-refractivity contribution in [3.63, 3.8) is 0 Å². The van der Waals surface area contributed by atoms with Crippen molar-refractivity contribution in [1.82, 2.24) is 9.55 Å². The van der Waals surface area contributed by atoms with E-state index in [1.807, 2.05) is 66.7 Å². The van der Waals surface area contributed by atoms with Crippen LogP contribution in [0.5, 0.6) is 11.5 Å². The highest BCUT2D eigenvalue weighted by Gasteiger charge is 2.31. The highest BCUT2D eigenvalue weighted by atomic mass is 19.4. The molecule has 0 unspecified atom stereocenters. The van der Waals surface area contributed by atoms with E-state index in [1.54, 1.807) is 0 Å². The van der Waals surface area contributed by atoms with E-state index in [-0.39, 0.29) is 30.0 Å². The Labute approximate surface area is 238 Å². The molecule has 0 atom stereocenters. The maximum absolute atomic E-state index is 14.5. The molecule has 0 saturated heterocycles. The topological polar surface area (TPSA) is 70.4 Å². The summed E-state index contributed by atoms with van der Waals surface area (Å²) < 4.78 is 62.2. The molecule has 0 radical (unpaired) electrons. The van der Waals surface area contributed by atoms with Gasteiger partial charge in [-0.2, -0.15) is 0 Å². The summed E-state index contributed by atoms with van der Waals surface area (Å²) in [5.41, 5.74) is 2.82. The fraction of sp³-hybridized carbons (Fsp3) is 0.219. The Kier molecular flexibility index (Phi) is 8.51. The number of rotatable bonds is 8. The lowest BCUT2D eigenvalue weighted by Crippen LogP contribution is -2.34.